The minimum Gasteiger partial charge on any atom is -0.484 e. The van der Waals surface area contributed by atoms with Gasteiger partial charge in [0.05, 0.1) is 11.7 Å². The summed E-state index contributed by atoms with van der Waals surface area (Å²) < 4.78 is 5.44. The van der Waals surface area contributed by atoms with Crippen LogP contribution in [0.1, 0.15) is 23.6 Å². The van der Waals surface area contributed by atoms with E-state index in [1.165, 1.54) is 11.8 Å². The lowest BCUT2D eigenvalue weighted by Crippen LogP contribution is -2.24. The monoisotopic (exact) mass is 381 g/mol. The highest BCUT2D eigenvalue weighted by molar-refractivity contribution is 6.32. The summed E-state index contributed by atoms with van der Waals surface area (Å²) >= 11 is 6.20. The van der Waals surface area contributed by atoms with Crippen molar-refractivity contribution >= 4 is 34.6 Å². The molecule has 0 atom stereocenters. The van der Waals surface area contributed by atoms with E-state index in [2.05, 4.69) is 22.4 Å². The molecule has 3 rings (SSSR count). The predicted octanol–water partition coefficient (Wildman–Crippen LogP) is 4.29. The zero-order chi connectivity index (χ0) is 19.2. The third-order valence-electron chi connectivity index (χ3n) is 4.05. The van der Waals surface area contributed by atoms with E-state index in [0.717, 1.165) is 22.9 Å². The van der Waals surface area contributed by atoms with Gasteiger partial charge in [-0.15, -0.1) is 0 Å². The Labute approximate surface area is 163 Å². The van der Waals surface area contributed by atoms with Crippen LogP contribution in [-0.4, -0.2) is 23.7 Å². The van der Waals surface area contributed by atoms with Crippen molar-refractivity contribution in [1.29, 1.82) is 0 Å². The molecule has 1 heterocycles. The molecule has 2 aromatic carbocycles. The maximum absolute atomic E-state index is 11.9. The third-order valence-corrected chi connectivity index (χ3v) is 4.35. The standard InChI is InChI=1S/C21H20ClN3O2/c1-3-15-5-8-18(9-6-15)27-13-20(26)25-23-12-17-11-16-7-4-14(2)10-19(16)24-21(17)22/h4-12H,3,13H2,1-2H3,(H,25,26)/b23-12-. The number of fused-ring (bicyclic) bond motifs is 1. The molecule has 0 spiro atoms. The van der Waals surface area contributed by atoms with Gasteiger partial charge in [0.25, 0.3) is 5.91 Å². The second-order valence-electron chi connectivity index (χ2n) is 6.14. The molecule has 0 aliphatic carbocycles. The molecule has 0 radical (unpaired) electrons. The van der Waals surface area contributed by atoms with Gasteiger partial charge in [0.15, 0.2) is 6.61 Å². The summed E-state index contributed by atoms with van der Waals surface area (Å²) in [7, 11) is 0. The van der Waals surface area contributed by atoms with Gasteiger partial charge in [0.2, 0.25) is 0 Å². The zero-order valence-electron chi connectivity index (χ0n) is 15.2. The van der Waals surface area contributed by atoms with Crippen molar-refractivity contribution in [1.82, 2.24) is 10.4 Å². The minimum absolute atomic E-state index is 0.119. The lowest BCUT2D eigenvalue weighted by molar-refractivity contribution is -0.123. The molecule has 0 bridgehead atoms. The summed E-state index contributed by atoms with van der Waals surface area (Å²) in [6, 6.07) is 15.5. The number of carbonyl (C=O) groups is 1. The number of nitrogens with zero attached hydrogens (tertiary/aromatic N) is 2. The number of nitrogens with one attached hydrogen (secondary N) is 1. The number of halogens is 1. The average Bonchev–Trinajstić information content (AvgIpc) is 2.67. The first-order valence-electron chi connectivity index (χ1n) is 8.65. The van der Waals surface area contributed by atoms with E-state index >= 15 is 0 Å². The number of amides is 1. The molecule has 0 aliphatic heterocycles. The summed E-state index contributed by atoms with van der Waals surface area (Å²) in [4.78, 5) is 16.2. The van der Waals surface area contributed by atoms with Crippen LogP contribution in [0.5, 0.6) is 5.75 Å². The van der Waals surface area contributed by atoms with Crippen molar-refractivity contribution in [2.45, 2.75) is 20.3 Å². The van der Waals surface area contributed by atoms with Gasteiger partial charge in [0, 0.05) is 10.9 Å². The van der Waals surface area contributed by atoms with E-state index in [0.29, 0.717) is 16.5 Å². The fourth-order valence-corrected chi connectivity index (χ4v) is 2.73. The highest BCUT2D eigenvalue weighted by Crippen LogP contribution is 2.20. The summed E-state index contributed by atoms with van der Waals surface area (Å²) in [5.74, 6) is 0.287. The molecule has 0 saturated heterocycles. The second-order valence-corrected chi connectivity index (χ2v) is 6.50. The number of ether oxygens (including phenoxy) is 1. The van der Waals surface area contributed by atoms with Gasteiger partial charge in [-0.3, -0.25) is 4.79 Å². The molecule has 5 nitrogen and oxygen atoms in total. The van der Waals surface area contributed by atoms with E-state index in [4.69, 9.17) is 16.3 Å². The van der Waals surface area contributed by atoms with Crippen LogP contribution in [0, 0.1) is 6.92 Å². The fourth-order valence-electron chi connectivity index (χ4n) is 2.54. The number of aryl methyl sites for hydroxylation is 2. The van der Waals surface area contributed by atoms with Gasteiger partial charge < -0.3 is 4.74 Å². The van der Waals surface area contributed by atoms with E-state index in [-0.39, 0.29) is 12.5 Å². The summed E-state index contributed by atoms with van der Waals surface area (Å²) in [5, 5.41) is 5.22. The second kappa shape index (κ2) is 8.64. The Balaban J connectivity index is 1.57. The smallest absolute Gasteiger partial charge is 0.277 e. The van der Waals surface area contributed by atoms with Crippen LogP contribution in [0.25, 0.3) is 10.9 Å². The largest absolute Gasteiger partial charge is 0.484 e. The molecule has 6 heteroatoms. The first kappa shape index (κ1) is 18.9. The van der Waals surface area contributed by atoms with Gasteiger partial charge in [-0.25, -0.2) is 10.4 Å². The van der Waals surface area contributed by atoms with Crippen molar-refractivity contribution in [3.63, 3.8) is 0 Å². The summed E-state index contributed by atoms with van der Waals surface area (Å²) in [5.41, 5.74) is 6.21. The Bertz CT molecular complexity index is 985. The zero-order valence-corrected chi connectivity index (χ0v) is 16.0. The van der Waals surface area contributed by atoms with Crippen molar-refractivity contribution in [3.8, 4) is 5.75 Å². The van der Waals surface area contributed by atoms with E-state index in [1.807, 2.05) is 55.5 Å². The van der Waals surface area contributed by atoms with Crippen LogP contribution >= 0.6 is 11.6 Å². The Morgan fingerprint density at radius 3 is 2.74 bits per heavy atom. The van der Waals surface area contributed by atoms with Crippen molar-refractivity contribution in [2.24, 2.45) is 5.10 Å². The maximum Gasteiger partial charge on any atom is 0.277 e. The molecule has 0 unspecified atom stereocenters. The van der Waals surface area contributed by atoms with Crippen molar-refractivity contribution < 1.29 is 9.53 Å². The first-order valence-corrected chi connectivity index (χ1v) is 9.03. The number of aromatic nitrogens is 1. The van der Waals surface area contributed by atoms with E-state index in [1.54, 1.807) is 0 Å². The molecular formula is C21H20ClN3O2. The topological polar surface area (TPSA) is 63.6 Å². The molecule has 0 fully saturated rings. The highest BCUT2D eigenvalue weighted by Gasteiger charge is 2.05. The van der Waals surface area contributed by atoms with Crippen LogP contribution in [-0.2, 0) is 11.2 Å². The molecule has 1 aromatic heterocycles. The number of hydrogen-bond acceptors (Lipinski definition) is 4. The Morgan fingerprint density at radius 2 is 2.00 bits per heavy atom. The summed E-state index contributed by atoms with van der Waals surface area (Å²) in [6.45, 7) is 3.96. The van der Waals surface area contributed by atoms with Crippen LogP contribution in [0.2, 0.25) is 5.15 Å². The minimum atomic E-state index is -0.355. The molecule has 0 saturated carbocycles. The SMILES string of the molecule is CCc1ccc(OCC(=O)N/N=C\c2cc3ccc(C)cc3nc2Cl)cc1. The van der Waals surface area contributed by atoms with Gasteiger partial charge >= 0.3 is 0 Å². The Kier molecular flexibility index (Phi) is 6.04. The van der Waals surface area contributed by atoms with Crippen LogP contribution in [0.15, 0.2) is 53.6 Å². The number of hydrogen-bond donors (Lipinski definition) is 1. The van der Waals surface area contributed by atoms with Crippen LogP contribution in [0.3, 0.4) is 0 Å². The maximum atomic E-state index is 11.9. The predicted molar refractivity (Wildman–Crippen MR) is 109 cm³/mol. The normalized spacial score (nSPS) is 11.1. The first-order chi connectivity index (χ1) is 13.0. The van der Waals surface area contributed by atoms with Gasteiger partial charge in [-0.05, 0) is 48.7 Å². The molecule has 138 valence electrons. The van der Waals surface area contributed by atoms with Crippen molar-refractivity contribution in [2.75, 3.05) is 6.61 Å². The molecule has 0 aliphatic rings. The average molecular weight is 382 g/mol. The van der Waals surface area contributed by atoms with Gasteiger partial charge in [-0.1, -0.05) is 42.8 Å². The number of carbonyl (C=O) groups excluding carboxylic acids is 1. The lowest BCUT2D eigenvalue weighted by Gasteiger charge is -2.06. The summed E-state index contributed by atoms with van der Waals surface area (Å²) in [6.07, 6.45) is 2.43. The molecule has 3 aromatic rings. The van der Waals surface area contributed by atoms with Gasteiger partial charge in [0.1, 0.15) is 10.9 Å². The third kappa shape index (κ3) is 5.05. The van der Waals surface area contributed by atoms with Crippen LogP contribution in [0.4, 0.5) is 0 Å². The quantitative estimate of drug-likeness (QED) is 0.393. The highest BCUT2D eigenvalue weighted by atomic mass is 35.5. The van der Waals surface area contributed by atoms with E-state index in [9.17, 15) is 4.79 Å². The Hall–Kier alpha value is -2.92. The lowest BCUT2D eigenvalue weighted by atomic mass is 10.1. The molecule has 1 N–H and O–H groups in total. The van der Waals surface area contributed by atoms with E-state index < -0.39 is 0 Å². The molecular weight excluding hydrogens is 362 g/mol. The van der Waals surface area contributed by atoms with Gasteiger partial charge in [-0.2, -0.15) is 5.10 Å². The fraction of sp³-hybridized carbons (Fsp3) is 0.190. The Morgan fingerprint density at radius 1 is 1.22 bits per heavy atom. The number of benzene rings is 2. The molecule has 1 amide bonds. The number of pyridine rings is 1. The van der Waals surface area contributed by atoms with Crippen molar-refractivity contribution in [3.05, 3.63) is 70.4 Å². The number of rotatable bonds is 6. The van der Waals surface area contributed by atoms with Crippen LogP contribution < -0.4 is 10.2 Å². The number of hydrazone groups is 1. The molecule has 27 heavy (non-hydrogen) atoms.